The van der Waals surface area contributed by atoms with Crippen LogP contribution in [-0.4, -0.2) is 40.6 Å². The number of hydrogen-bond acceptors (Lipinski definition) is 5. The number of nitrogens with one attached hydrogen (secondary N) is 2. The summed E-state index contributed by atoms with van der Waals surface area (Å²) in [5, 5.41) is 17.6. The number of halogens is 1. The number of benzene rings is 1. The molecule has 7 nitrogen and oxygen atoms in total. The Morgan fingerprint density at radius 3 is 2.68 bits per heavy atom. The van der Waals surface area contributed by atoms with E-state index in [1.54, 1.807) is 18.8 Å². The molecule has 0 atom stereocenters. The average Bonchev–Trinajstić information content (AvgIpc) is 3.27. The Kier molecular flexibility index (Phi) is 10.1. The number of furan rings is 1. The van der Waals surface area contributed by atoms with Crippen LogP contribution >= 0.6 is 35.7 Å². The Balaban J connectivity index is 0.00000341. The van der Waals surface area contributed by atoms with Gasteiger partial charge in [0.15, 0.2) is 11.1 Å². The van der Waals surface area contributed by atoms with Crippen molar-refractivity contribution in [3.63, 3.8) is 0 Å². The number of fused-ring (bicyclic) bond motifs is 1. The number of aromatic nitrogens is 3. The van der Waals surface area contributed by atoms with E-state index in [1.807, 2.05) is 24.5 Å². The predicted octanol–water partition coefficient (Wildman–Crippen LogP) is 4.63. The van der Waals surface area contributed by atoms with Gasteiger partial charge >= 0.3 is 0 Å². The largest absolute Gasteiger partial charge is 0.459 e. The van der Waals surface area contributed by atoms with Gasteiger partial charge in [-0.3, -0.25) is 4.99 Å². The van der Waals surface area contributed by atoms with Crippen molar-refractivity contribution in [2.45, 2.75) is 51.9 Å². The van der Waals surface area contributed by atoms with Gasteiger partial charge in [-0.05, 0) is 31.6 Å². The first-order valence-corrected chi connectivity index (χ1v) is 11.6. The number of hydrogen-bond donors (Lipinski definition) is 2. The fourth-order valence-electron chi connectivity index (χ4n) is 3.43. The van der Waals surface area contributed by atoms with Gasteiger partial charge in [-0.1, -0.05) is 43.8 Å². The van der Waals surface area contributed by atoms with E-state index in [4.69, 9.17) is 4.42 Å². The van der Waals surface area contributed by atoms with Gasteiger partial charge in [0.25, 0.3) is 0 Å². The second-order valence-corrected chi connectivity index (χ2v) is 8.48. The van der Waals surface area contributed by atoms with E-state index < -0.39 is 0 Å². The molecule has 3 rings (SSSR count). The van der Waals surface area contributed by atoms with Gasteiger partial charge in [0, 0.05) is 37.5 Å². The summed E-state index contributed by atoms with van der Waals surface area (Å²) >= 11 is 1.65. The molecule has 0 unspecified atom stereocenters. The zero-order valence-corrected chi connectivity index (χ0v) is 22.1. The number of guanidine groups is 1. The summed E-state index contributed by atoms with van der Waals surface area (Å²) in [4.78, 5) is 4.32. The van der Waals surface area contributed by atoms with Crippen LogP contribution < -0.4 is 10.6 Å². The van der Waals surface area contributed by atoms with Crippen LogP contribution in [0.3, 0.4) is 0 Å². The topological polar surface area (TPSA) is 80.3 Å². The molecule has 0 amide bonds. The maximum Gasteiger partial charge on any atom is 0.191 e. The molecule has 0 fully saturated rings. The number of para-hydroxylation sites is 1. The first-order valence-electron chi connectivity index (χ1n) is 10.4. The lowest BCUT2D eigenvalue weighted by Gasteiger charge is -2.13. The highest BCUT2D eigenvalue weighted by Crippen LogP contribution is 2.24. The maximum atomic E-state index is 5.97. The third-order valence-electron chi connectivity index (χ3n) is 4.98. The summed E-state index contributed by atoms with van der Waals surface area (Å²) in [6.07, 6.45) is 3.88. The average molecular weight is 557 g/mol. The first-order chi connectivity index (χ1) is 14.5. The van der Waals surface area contributed by atoms with Gasteiger partial charge in [-0.25, -0.2) is 0 Å². The molecule has 0 radical (unpaired) electrons. The molecule has 2 N–H and O–H groups in total. The quantitative estimate of drug-likeness (QED) is 0.132. The molecule has 31 heavy (non-hydrogen) atoms. The zero-order chi connectivity index (χ0) is 21.5. The van der Waals surface area contributed by atoms with Crippen LogP contribution in [-0.2, 0) is 19.5 Å². The second kappa shape index (κ2) is 12.3. The molecule has 170 valence electrons. The summed E-state index contributed by atoms with van der Waals surface area (Å²) in [5.74, 6) is 3.32. The Labute approximate surface area is 205 Å². The lowest BCUT2D eigenvalue weighted by molar-refractivity contribution is 0.477. The minimum absolute atomic E-state index is 0. The third-order valence-corrected chi connectivity index (χ3v) is 5.64. The van der Waals surface area contributed by atoms with Crippen LogP contribution in [0.1, 0.15) is 37.4 Å². The van der Waals surface area contributed by atoms with Crippen LogP contribution in [0.25, 0.3) is 11.0 Å². The molecule has 0 saturated heterocycles. The van der Waals surface area contributed by atoms with Gasteiger partial charge in [0.05, 0.1) is 6.54 Å². The summed E-state index contributed by atoms with van der Waals surface area (Å²) in [6, 6.07) is 8.12. The van der Waals surface area contributed by atoms with Crippen molar-refractivity contribution < 1.29 is 4.42 Å². The highest BCUT2D eigenvalue weighted by atomic mass is 127. The van der Waals surface area contributed by atoms with Crippen LogP contribution in [0.2, 0.25) is 0 Å². The molecule has 0 saturated carbocycles. The summed E-state index contributed by atoms with van der Waals surface area (Å²) in [7, 11) is 1.78. The number of thioether (sulfide) groups is 1. The Hall–Kier alpha value is -1.75. The van der Waals surface area contributed by atoms with Crippen molar-refractivity contribution in [3.8, 4) is 0 Å². The van der Waals surface area contributed by atoms with Crippen molar-refractivity contribution in [3.05, 3.63) is 41.4 Å². The third kappa shape index (κ3) is 6.61. The number of rotatable bonds is 9. The molecular formula is C22H33IN6OS. The van der Waals surface area contributed by atoms with Gasteiger partial charge in [-0.15, -0.1) is 34.2 Å². The molecule has 0 bridgehead atoms. The smallest absolute Gasteiger partial charge is 0.191 e. The molecule has 1 aromatic carbocycles. The van der Waals surface area contributed by atoms with Crippen LogP contribution in [0.5, 0.6) is 0 Å². The van der Waals surface area contributed by atoms with Crippen molar-refractivity contribution in [1.29, 1.82) is 0 Å². The van der Waals surface area contributed by atoms with Crippen LogP contribution in [0.15, 0.2) is 38.8 Å². The molecule has 2 heterocycles. The molecule has 0 aliphatic carbocycles. The molecule has 2 aromatic heterocycles. The lowest BCUT2D eigenvalue weighted by Crippen LogP contribution is -2.37. The minimum Gasteiger partial charge on any atom is -0.459 e. The fourth-order valence-corrected chi connectivity index (χ4v) is 3.96. The van der Waals surface area contributed by atoms with E-state index >= 15 is 0 Å². The highest BCUT2D eigenvalue weighted by Gasteiger charge is 2.13. The van der Waals surface area contributed by atoms with E-state index in [1.165, 1.54) is 5.56 Å². The van der Waals surface area contributed by atoms with Crippen molar-refractivity contribution in [2.24, 2.45) is 10.9 Å². The van der Waals surface area contributed by atoms with E-state index in [2.05, 4.69) is 57.2 Å². The number of nitrogens with zero attached hydrogens (tertiary/aromatic N) is 4. The van der Waals surface area contributed by atoms with Gasteiger partial charge in [0.1, 0.15) is 17.2 Å². The molecule has 9 heteroatoms. The lowest BCUT2D eigenvalue weighted by atomic mass is 10.1. The summed E-state index contributed by atoms with van der Waals surface area (Å²) < 4.78 is 8.21. The molecule has 0 spiro atoms. The number of aryl methyl sites for hydroxylation is 2. The SMILES string of the molecule is CN=C(NCCCc1nnc(SC)n1CC(C)C)NCc1oc2ccccc2c1C.I. The minimum atomic E-state index is 0. The standard InChI is InChI=1S/C22H32N6OS.HI/c1-15(2)14-28-20(26-27-22(28)30-5)11-8-12-24-21(23-4)25-13-19-16(3)17-9-6-7-10-18(17)29-19;/h6-7,9-10,15H,8,11-14H2,1-5H3,(H2,23,24,25);1H. The van der Waals surface area contributed by atoms with E-state index in [0.717, 1.165) is 59.6 Å². The van der Waals surface area contributed by atoms with Crippen molar-refractivity contribution in [2.75, 3.05) is 19.8 Å². The highest BCUT2D eigenvalue weighted by molar-refractivity contribution is 14.0. The second-order valence-electron chi connectivity index (χ2n) is 7.71. The van der Waals surface area contributed by atoms with Crippen LogP contribution in [0.4, 0.5) is 0 Å². The predicted molar refractivity (Wildman–Crippen MR) is 140 cm³/mol. The maximum absolute atomic E-state index is 5.97. The normalized spacial score (nSPS) is 11.7. The number of aliphatic imine (C=N–C) groups is 1. The summed E-state index contributed by atoms with van der Waals surface area (Å²) in [5.41, 5.74) is 2.09. The zero-order valence-electron chi connectivity index (χ0n) is 18.9. The molecule has 0 aliphatic rings. The first kappa shape index (κ1) is 25.5. The van der Waals surface area contributed by atoms with Gasteiger partial charge in [0.2, 0.25) is 0 Å². The van der Waals surface area contributed by atoms with Gasteiger partial charge < -0.3 is 19.6 Å². The monoisotopic (exact) mass is 556 g/mol. The van der Waals surface area contributed by atoms with E-state index in [9.17, 15) is 0 Å². The van der Waals surface area contributed by atoms with Crippen molar-refractivity contribution >= 4 is 52.7 Å². The van der Waals surface area contributed by atoms with Gasteiger partial charge in [-0.2, -0.15) is 0 Å². The Morgan fingerprint density at radius 1 is 1.23 bits per heavy atom. The molecular weight excluding hydrogens is 523 g/mol. The summed E-state index contributed by atoms with van der Waals surface area (Å²) in [6.45, 7) is 8.88. The fraction of sp³-hybridized carbons (Fsp3) is 0.500. The van der Waals surface area contributed by atoms with E-state index in [-0.39, 0.29) is 24.0 Å². The Bertz CT molecular complexity index is 997. The van der Waals surface area contributed by atoms with Crippen molar-refractivity contribution in [1.82, 2.24) is 25.4 Å². The van der Waals surface area contributed by atoms with Crippen LogP contribution in [0, 0.1) is 12.8 Å². The Morgan fingerprint density at radius 2 is 2.00 bits per heavy atom. The molecule has 3 aromatic rings. The van der Waals surface area contributed by atoms with E-state index in [0.29, 0.717) is 12.5 Å². The molecule has 0 aliphatic heterocycles.